The number of aromatic nitrogens is 2. The quantitative estimate of drug-likeness (QED) is 0.677. The van der Waals surface area contributed by atoms with Crippen molar-refractivity contribution in [2.75, 3.05) is 0 Å². The highest BCUT2D eigenvalue weighted by molar-refractivity contribution is 6.32. The van der Waals surface area contributed by atoms with Gasteiger partial charge in [0, 0.05) is 11.3 Å². The molecule has 0 unspecified atom stereocenters. The van der Waals surface area contributed by atoms with Crippen LogP contribution >= 0.6 is 11.6 Å². The van der Waals surface area contributed by atoms with E-state index in [1.165, 1.54) is 17.7 Å². The topological polar surface area (TPSA) is 50.8 Å². The number of rotatable bonds is 4. The fourth-order valence-electron chi connectivity index (χ4n) is 3.26. The summed E-state index contributed by atoms with van der Waals surface area (Å²) in [5, 5.41) is 14.0. The summed E-state index contributed by atoms with van der Waals surface area (Å²) in [5.74, 6) is 0.255. The zero-order chi connectivity index (χ0) is 18.1. The van der Waals surface area contributed by atoms with Crippen molar-refractivity contribution in [1.29, 1.82) is 5.26 Å². The Hall–Kier alpha value is -2.84. The monoisotopic (exact) mass is 367 g/mol. The summed E-state index contributed by atoms with van der Waals surface area (Å²) in [6.45, 7) is 0.294. The number of fused-ring (bicyclic) bond motifs is 1. The lowest BCUT2D eigenvalue weighted by molar-refractivity contribution is 0.299. The molecule has 0 fully saturated rings. The minimum absolute atomic E-state index is 0.267. The van der Waals surface area contributed by atoms with Gasteiger partial charge in [-0.15, -0.1) is 0 Å². The first kappa shape index (κ1) is 16.6. The van der Waals surface area contributed by atoms with Gasteiger partial charge in [0.2, 0.25) is 0 Å². The van der Waals surface area contributed by atoms with E-state index in [-0.39, 0.29) is 5.82 Å². The Morgan fingerprint density at radius 3 is 2.73 bits per heavy atom. The van der Waals surface area contributed by atoms with Gasteiger partial charge >= 0.3 is 0 Å². The summed E-state index contributed by atoms with van der Waals surface area (Å²) in [4.78, 5) is 0. The van der Waals surface area contributed by atoms with E-state index in [1.54, 1.807) is 30.3 Å². The molecular weight excluding hydrogens is 353 g/mol. The number of hydrogen-bond acceptors (Lipinski definition) is 3. The summed E-state index contributed by atoms with van der Waals surface area (Å²) in [5.41, 5.74) is 4.54. The lowest BCUT2D eigenvalue weighted by Gasteiger charge is -2.08. The average Bonchev–Trinajstić information content (AvgIpc) is 3.25. The van der Waals surface area contributed by atoms with E-state index in [1.807, 2.05) is 10.8 Å². The van der Waals surface area contributed by atoms with Crippen molar-refractivity contribution in [2.45, 2.75) is 25.9 Å². The molecule has 0 N–H and O–H groups in total. The first-order valence-corrected chi connectivity index (χ1v) is 8.71. The van der Waals surface area contributed by atoms with Crippen LogP contribution in [0.15, 0.2) is 42.5 Å². The highest BCUT2D eigenvalue weighted by atomic mass is 35.5. The molecule has 0 saturated carbocycles. The van der Waals surface area contributed by atoms with Gasteiger partial charge in [-0.2, -0.15) is 10.4 Å². The summed E-state index contributed by atoms with van der Waals surface area (Å²) in [7, 11) is 0. The lowest BCUT2D eigenvalue weighted by Crippen LogP contribution is -2.03. The Labute approximate surface area is 155 Å². The molecule has 4 rings (SSSR count). The first-order chi connectivity index (χ1) is 12.7. The van der Waals surface area contributed by atoms with Gasteiger partial charge in [-0.25, -0.2) is 9.07 Å². The van der Waals surface area contributed by atoms with Crippen molar-refractivity contribution in [3.05, 3.63) is 75.8 Å². The van der Waals surface area contributed by atoms with E-state index in [4.69, 9.17) is 21.6 Å². The van der Waals surface area contributed by atoms with Gasteiger partial charge in [0.25, 0.3) is 0 Å². The molecule has 0 spiro atoms. The van der Waals surface area contributed by atoms with Crippen molar-refractivity contribution in [3.8, 4) is 17.5 Å². The molecule has 4 nitrogen and oxygen atoms in total. The Morgan fingerprint density at radius 1 is 1.19 bits per heavy atom. The van der Waals surface area contributed by atoms with Crippen LogP contribution in [0.4, 0.5) is 4.39 Å². The second-order valence-electron chi connectivity index (χ2n) is 6.16. The van der Waals surface area contributed by atoms with Crippen molar-refractivity contribution in [3.63, 3.8) is 0 Å². The molecule has 1 heterocycles. The van der Waals surface area contributed by atoms with Crippen LogP contribution in [-0.2, 0) is 19.4 Å². The molecule has 0 bridgehead atoms. The molecule has 0 saturated heterocycles. The fourth-order valence-corrected chi connectivity index (χ4v) is 3.49. The fraction of sp³-hybridized carbons (Fsp3) is 0.200. The van der Waals surface area contributed by atoms with Gasteiger partial charge in [-0.05, 0) is 61.7 Å². The van der Waals surface area contributed by atoms with Crippen LogP contribution in [0.25, 0.3) is 5.69 Å². The van der Waals surface area contributed by atoms with Crippen molar-refractivity contribution in [1.82, 2.24) is 9.78 Å². The number of benzene rings is 2. The summed E-state index contributed by atoms with van der Waals surface area (Å²) >= 11 is 6.17. The molecule has 1 aromatic heterocycles. The number of ether oxygens (including phenoxy) is 1. The number of hydrogen-bond donors (Lipinski definition) is 0. The molecule has 1 aliphatic carbocycles. The van der Waals surface area contributed by atoms with Crippen LogP contribution in [0.2, 0.25) is 5.02 Å². The molecule has 0 aliphatic heterocycles. The third-order valence-corrected chi connectivity index (χ3v) is 4.81. The molecule has 0 atom stereocenters. The van der Waals surface area contributed by atoms with Crippen LogP contribution in [-0.4, -0.2) is 9.78 Å². The van der Waals surface area contributed by atoms with Crippen molar-refractivity contribution in [2.24, 2.45) is 0 Å². The van der Waals surface area contributed by atoms with Gasteiger partial charge in [-0.3, -0.25) is 0 Å². The number of nitrogens with zero attached hydrogens (tertiary/aromatic N) is 3. The third-order valence-electron chi connectivity index (χ3n) is 4.51. The standard InChI is InChI=1S/C20H15ClFN3O/c21-17-10-13(11-23)4-9-20(17)26-12-18-16-2-1-3-19(16)25(24-18)15-7-5-14(22)6-8-15/h4-10H,1-3,12H2. The minimum Gasteiger partial charge on any atom is -0.486 e. The van der Waals surface area contributed by atoms with Gasteiger partial charge in [0.15, 0.2) is 0 Å². The second-order valence-corrected chi connectivity index (χ2v) is 6.57. The van der Waals surface area contributed by atoms with Crippen LogP contribution in [0.1, 0.15) is 28.9 Å². The molecule has 3 aromatic rings. The lowest BCUT2D eigenvalue weighted by atomic mass is 10.2. The molecule has 6 heteroatoms. The SMILES string of the molecule is N#Cc1ccc(OCc2nn(-c3ccc(F)cc3)c3c2CCC3)c(Cl)c1. The normalized spacial score (nSPS) is 12.7. The van der Waals surface area contributed by atoms with E-state index in [0.717, 1.165) is 36.3 Å². The Morgan fingerprint density at radius 2 is 2.00 bits per heavy atom. The smallest absolute Gasteiger partial charge is 0.138 e. The minimum atomic E-state index is -0.267. The largest absolute Gasteiger partial charge is 0.486 e. The van der Waals surface area contributed by atoms with Crippen LogP contribution in [0.3, 0.4) is 0 Å². The van der Waals surface area contributed by atoms with Crippen LogP contribution in [0.5, 0.6) is 5.75 Å². The molecule has 0 amide bonds. The van der Waals surface area contributed by atoms with E-state index in [0.29, 0.717) is 22.9 Å². The Bertz CT molecular complexity index is 1010. The van der Waals surface area contributed by atoms with Crippen LogP contribution in [0, 0.1) is 17.1 Å². The molecule has 26 heavy (non-hydrogen) atoms. The number of nitriles is 1. The van der Waals surface area contributed by atoms with Crippen molar-refractivity contribution < 1.29 is 9.13 Å². The van der Waals surface area contributed by atoms with Crippen LogP contribution < -0.4 is 4.74 Å². The Balaban J connectivity index is 1.61. The zero-order valence-corrected chi connectivity index (χ0v) is 14.6. The Kier molecular flexibility index (Phi) is 4.36. The van der Waals surface area contributed by atoms with E-state index < -0.39 is 0 Å². The zero-order valence-electron chi connectivity index (χ0n) is 13.9. The van der Waals surface area contributed by atoms with E-state index >= 15 is 0 Å². The van der Waals surface area contributed by atoms with Crippen molar-refractivity contribution >= 4 is 11.6 Å². The third kappa shape index (κ3) is 3.04. The summed E-state index contributed by atoms with van der Waals surface area (Å²) < 4.78 is 20.9. The average molecular weight is 368 g/mol. The van der Waals surface area contributed by atoms with E-state index in [2.05, 4.69) is 5.10 Å². The van der Waals surface area contributed by atoms with E-state index in [9.17, 15) is 4.39 Å². The molecule has 130 valence electrons. The maximum Gasteiger partial charge on any atom is 0.138 e. The molecule has 0 radical (unpaired) electrons. The van der Waals surface area contributed by atoms with Gasteiger partial charge in [0.05, 0.1) is 22.3 Å². The maximum absolute atomic E-state index is 13.2. The highest BCUT2D eigenvalue weighted by Crippen LogP contribution is 2.30. The number of halogens is 2. The summed E-state index contributed by atoms with van der Waals surface area (Å²) in [6, 6.07) is 13.3. The predicted molar refractivity (Wildman–Crippen MR) is 96.0 cm³/mol. The molecule has 1 aliphatic rings. The molecular formula is C20H15ClFN3O. The highest BCUT2D eigenvalue weighted by Gasteiger charge is 2.23. The van der Waals surface area contributed by atoms with Gasteiger partial charge in [0.1, 0.15) is 23.9 Å². The predicted octanol–water partition coefficient (Wildman–Crippen LogP) is 4.60. The molecule has 2 aromatic carbocycles. The van der Waals surface area contributed by atoms with Gasteiger partial charge in [-0.1, -0.05) is 11.6 Å². The first-order valence-electron chi connectivity index (χ1n) is 8.34. The van der Waals surface area contributed by atoms with Gasteiger partial charge < -0.3 is 4.74 Å². The second kappa shape index (κ2) is 6.81. The maximum atomic E-state index is 13.2. The summed E-state index contributed by atoms with van der Waals surface area (Å²) in [6.07, 6.45) is 2.96.